The van der Waals surface area contributed by atoms with Crippen molar-refractivity contribution in [3.63, 3.8) is 0 Å². The number of nitrogens with one attached hydrogen (secondary N) is 1. The molecule has 7 nitrogen and oxygen atoms in total. The molecule has 8 heteroatoms. The molecule has 31 heavy (non-hydrogen) atoms. The number of amides is 2. The molecule has 2 aromatic carbocycles. The summed E-state index contributed by atoms with van der Waals surface area (Å²) < 4.78 is 11.6. The van der Waals surface area contributed by atoms with Gasteiger partial charge in [-0.05, 0) is 61.4 Å². The standard InChI is InChI=1S/C23H25BrN2O5/c1-3-10-30-19-7-5-18(6-8-19)26-13-16(12-22(26)28)23(29)31-14-21(27)25-20-9-4-17(24)11-15(20)2/h4-9,11,16H,3,10,12-14H2,1-2H3,(H,25,27)/t16-/m1/s1. The quantitative estimate of drug-likeness (QED) is 0.565. The van der Waals surface area contributed by atoms with Crippen molar-refractivity contribution >= 4 is 45.1 Å². The van der Waals surface area contributed by atoms with E-state index in [4.69, 9.17) is 9.47 Å². The van der Waals surface area contributed by atoms with Crippen molar-refractivity contribution in [2.45, 2.75) is 26.7 Å². The SMILES string of the molecule is CCCOc1ccc(N2C[C@H](C(=O)OCC(=O)Nc3ccc(Br)cc3C)CC2=O)cc1. The van der Waals surface area contributed by atoms with Crippen molar-refractivity contribution in [2.75, 3.05) is 30.0 Å². The van der Waals surface area contributed by atoms with Gasteiger partial charge in [-0.3, -0.25) is 14.4 Å². The number of rotatable bonds is 8. The summed E-state index contributed by atoms with van der Waals surface area (Å²) in [5.41, 5.74) is 2.24. The molecule has 1 aliphatic rings. The highest BCUT2D eigenvalue weighted by Crippen LogP contribution is 2.27. The van der Waals surface area contributed by atoms with Crippen molar-refractivity contribution in [1.82, 2.24) is 0 Å². The normalized spacial score (nSPS) is 15.6. The zero-order valence-corrected chi connectivity index (χ0v) is 19.1. The lowest BCUT2D eigenvalue weighted by molar-refractivity contribution is -0.151. The van der Waals surface area contributed by atoms with Crippen LogP contribution in [0.4, 0.5) is 11.4 Å². The molecule has 0 spiro atoms. The number of aryl methyl sites for hydroxylation is 1. The minimum Gasteiger partial charge on any atom is -0.494 e. The molecule has 1 atom stereocenters. The van der Waals surface area contributed by atoms with Gasteiger partial charge >= 0.3 is 5.97 Å². The van der Waals surface area contributed by atoms with E-state index in [0.29, 0.717) is 18.0 Å². The third-order valence-electron chi connectivity index (χ3n) is 4.89. The fraction of sp³-hybridized carbons (Fsp3) is 0.348. The Bertz CT molecular complexity index is 961. The highest BCUT2D eigenvalue weighted by molar-refractivity contribution is 9.10. The number of carbonyl (C=O) groups is 3. The Hall–Kier alpha value is -2.87. The van der Waals surface area contributed by atoms with Crippen molar-refractivity contribution < 1.29 is 23.9 Å². The molecule has 1 heterocycles. The van der Waals surface area contributed by atoms with Crippen LogP contribution >= 0.6 is 15.9 Å². The first-order chi connectivity index (χ1) is 14.9. The zero-order valence-electron chi connectivity index (χ0n) is 17.5. The second-order valence-electron chi connectivity index (χ2n) is 7.36. The molecule has 0 aromatic heterocycles. The van der Waals surface area contributed by atoms with Crippen LogP contribution in [0.1, 0.15) is 25.3 Å². The summed E-state index contributed by atoms with van der Waals surface area (Å²) in [6, 6.07) is 12.7. The van der Waals surface area contributed by atoms with Crippen molar-refractivity contribution in [3.8, 4) is 5.75 Å². The monoisotopic (exact) mass is 488 g/mol. The molecule has 0 unspecified atom stereocenters. The number of carbonyl (C=O) groups excluding carboxylic acids is 3. The number of esters is 1. The molecule has 0 saturated carbocycles. The van der Waals surface area contributed by atoms with Crippen LogP contribution < -0.4 is 15.0 Å². The summed E-state index contributed by atoms with van der Waals surface area (Å²) in [6.07, 6.45) is 0.970. The van der Waals surface area contributed by atoms with Gasteiger partial charge in [0.2, 0.25) is 5.91 Å². The Kier molecular flexibility index (Phi) is 7.68. The van der Waals surface area contributed by atoms with Gasteiger partial charge in [-0.2, -0.15) is 0 Å². The molecular formula is C23H25BrN2O5. The number of halogens is 1. The maximum atomic E-state index is 12.4. The van der Waals surface area contributed by atoms with Crippen LogP contribution in [0.15, 0.2) is 46.9 Å². The fourth-order valence-corrected chi connectivity index (χ4v) is 3.74. The number of benzene rings is 2. The van der Waals surface area contributed by atoms with Gasteiger partial charge in [-0.25, -0.2) is 0 Å². The van der Waals surface area contributed by atoms with E-state index in [9.17, 15) is 14.4 Å². The Morgan fingerprint density at radius 2 is 1.94 bits per heavy atom. The van der Waals surface area contributed by atoms with Gasteiger partial charge < -0.3 is 19.7 Å². The van der Waals surface area contributed by atoms with Crippen LogP contribution in [0.3, 0.4) is 0 Å². The fourth-order valence-electron chi connectivity index (χ4n) is 3.27. The van der Waals surface area contributed by atoms with E-state index in [2.05, 4.69) is 21.2 Å². The van der Waals surface area contributed by atoms with Gasteiger partial charge in [-0.15, -0.1) is 0 Å². The summed E-state index contributed by atoms with van der Waals surface area (Å²) in [4.78, 5) is 38.5. The number of anilines is 2. The molecule has 164 valence electrons. The Morgan fingerprint density at radius 1 is 1.19 bits per heavy atom. The van der Waals surface area contributed by atoms with Crippen LogP contribution in [0.25, 0.3) is 0 Å². The topological polar surface area (TPSA) is 84.9 Å². The molecule has 1 saturated heterocycles. The van der Waals surface area contributed by atoms with E-state index >= 15 is 0 Å². The highest BCUT2D eigenvalue weighted by atomic mass is 79.9. The Morgan fingerprint density at radius 3 is 2.61 bits per heavy atom. The van der Waals surface area contributed by atoms with Crippen molar-refractivity contribution in [3.05, 3.63) is 52.5 Å². The van der Waals surface area contributed by atoms with Crippen LogP contribution in [0, 0.1) is 12.8 Å². The molecule has 2 amide bonds. The molecule has 0 bridgehead atoms. The molecule has 1 aliphatic heterocycles. The van der Waals surface area contributed by atoms with Crippen molar-refractivity contribution in [1.29, 1.82) is 0 Å². The molecule has 2 aromatic rings. The first-order valence-corrected chi connectivity index (χ1v) is 10.9. The van der Waals surface area contributed by atoms with Gasteiger partial charge in [0.25, 0.3) is 5.91 Å². The summed E-state index contributed by atoms with van der Waals surface area (Å²) in [7, 11) is 0. The van der Waals surface area contributed by atoms with E-state index in [1.54, 1.807) is 35.2 Å². The predicted octanol–water partition coefficient (Wildman–Crippen LogP) is 4.08. The average molecular weight is 489 g/mol. The van der Waals surface area contributed by atoms with Gasteiger partial charge in [0.1, 0.15) is 5.75 Å². The third kappa shape index (κ3) is 6.07. The van der Waals surface area contributed by atoms with E-state index in [0.717, 1.165) is 22.2 Å². The minimum absolute atomic E-state index is 0.0559. The first kappa shape index (κ1) is 22.8. The van der Waals surface area contributed by atoms with Crippen LogP contribution in [0.2, 0.25) is 0 Å². The van der Waals surface area contributed by atoms with Crippen molar-refractivity contribution in [2.24, 2.45) is 5.92 Å². The Labute approximate surface area is 189 Å². The van der Waals surface area contributed by atoms with Gasteiger partial charge in [0, 0.05) is 28.8 Å². The number of hydrogen-bond acceptors (Lipinski definition) is 5. The first-order valence-electron chi connectivity index (χ1n) is 10.1. The molecule has 0 radical (unpaired) electrons. The van der Waals surface area contributed by atoms with Crippen LogP contribution in [-0.2, 0) is 19.1 Å². The summed E-state index contributed by atoms with van der Waals surface area (Å²) in [5, 5.41) is 2.72. The second-order valence-corrected chi connectivity index (χ2v) is 8.28. The summed E-state index contributed by atoms with van der Waals surface area (Å²) in [6.45, 7) is 4.35. The van der Waals surface area contributed by atoms with E-state index in [1.165, 1.54) is 0 Å². The Balaban J connectivity index is 1.51. The van der Waals surface area contributed by atoms with Crippen LogP contribution in [-0.4, -0.2) is 37.5 Å². The van der Waals surface area contributed by atoms with E-state index < -0.39 is 24.4 Å². The van der Waals surface area contributed by atoms with Crippen LogP contribution in [0.5, 0.6) is 5.75 Å². The lowest BCUT2D eigenvalue weighted by Crippen LogP contribution is -2.28. The predicted molar refractivity (Wildman–Crippen MR) is 121 cm³/mol. The molecular weight excluding hydrogens is 464 g/mol. The molecule has 1 fully saturated rings. The lowest BCUT2D eigenvalue weighted by atomic mass is 10.1. The zero-order chi connectivity index (χ0) is 22.4. The summed E-state index contributed by atoms with van der Waals surface area (Å²) in [5.74, 6) is -1.01. The number of ether oxygens (including phenoxy) is 2. The third-order valence-corrected chi connectivity index (χ3v) is 5.38. The molecule has 3 rings (SSSR count). The maximum absolute atomic E-state index is 12.4. The van der Waals surface area contributed by atoms with E-state index in [1.807, 2.05) is 26.0 Å². The maximum Gasteiger partial charge on any atom is 0.311 e. The second kappa shape index (κ2) is 10.4. The minimum atomic E-state index is -0.606. The van der Waals surface area contributed by atoms with E-state index in [-0.39, 0.29) is 18.9 Å². The van der Waals surface area contributed by atoms with Gasteiger partial charge in [0.05, 0.1) is 12.5 Å². The molecule has 1 N–H and O–H groups in total. The van der Waals surface area contributed by atoms with Gasteiger partial charge in [0.15, 0.2) is 6.61 Å². The lowest BCUT2D eigenvalue weighted by Gasteiger charge is -2.17. The number of nitrogens with zero attached hydrogens (tertiary/aromatic N) is 1. The highest BCUT2D eigenvalue weighted by Gasteiger charge is 2.36. The average Bonchev–Trinajstić information content (AvgIpc) is 3.14. The number of hydrogen-bond donors (Lipinski definition) is 1. The summed E-state index contributed by atoms with van der Waals surface area (Å²) >= 11 is 3.37. The molecule has 0 aliphatic carbocycles. The van der Waals surface area contributed by atoms with Gasteiger partial charge in [-0.1, -0.05) is 22.9 Å². The largest absolute Gasteiger partial charge is 0.494 e. The smallest absolute Gasteiger partial charge is 0.311 e.